The number of piperidine rings is 1. The smallest absolute Gasteiger partial charge is 0.235 e. The molecule has 0 saturated carbocycles. The summed E-state index contributed by atoms with van der Waals surface area (Å²) in [6.45, 7) is 3.24. The Balaban J connectivity index is 1.52. The Morgan fingerprint density at radius 2 is 1.67 bits per heavy atom. The van der Waals surface area contributed by atoms with Crippen molar-refractivity contribution in [2.75, 3.05) is 20.2 Å². The fourth-order valence-electron chi connectivity index (χ4n) is 3.37. The van der Waals surface area contributed by atoms with Crippen LogP contribution in [0.1, 0.15) is 30.1 Å². The van der Waals surface area contributed by atoms with Gasteiger partial charge in [-0.2, -0.15) is 0 Å². The van der Waals surface area contributed by atoms with Gasteiger partial charge in [-0.25, -0.2) is 0 Å². The normalized spacial score (nSPS) is 16.0. The van der Waals surface area contributed by atoms with Crippen LogP contribution in [-0.4, -0.2) is 42.0 Å². The summed E-state index contributed by atoms with van der Waals surface area (Å²) in [7, 11) is 1.64. The molecule has 1 atom stereocenters. The highest BCUT2D eigenvalue weighted by Crippen LogP contribution is 2.28. The zero-order valence-electron chi connectivity index (χ0n) is 15.8. The number of ether oxygens (including phenoxy) is 1. The SMILES string of the molecule is COc1ccc(SC(C)C(=O)N2CCC(C(=O)c3ccccc3)CC2)cc1. The van der Waals surface area contributed by atoms with E-state index in [1.807, 2.05) is 66.4 Å². The fraction of sp³-hybridized carbons (Fsp3) is 0.364. The van der Waals surface area contributed by atoms with E-state index in [0.29, 0.717) is 13.1 Å². The fourth-order valence-corrected chi connectivity index (χ4v) is 4.32. The number of carbonyl (C=O) groups is 2. The highest BCUT2D eigenvalue weighted by molar-refractivity contribution is 8.00. The van der Waals surface area contributed by atoms with Gasteiger partial charge in [0, 0.05) is 29.5 Å². The van der Waals surface area contributed by atoms with E-state index in [9.17, 15) is 9.59 Å². The standard InChI is InChI=1S/C22H25NO3S/c1-16(27-20-10-8-19(26-2)9-11-20)22(25)23-14-12-18(13-15-23)21(24)17-6-4-3-5-7-17/h3-11,16,18H,12-15H2,1-2H3. The van der Waals surface area contributed by atoms with Crippen molar-refractivity contribution in [1.82, 2.24) is 4.90 Å². The summed E-state index contributed by atoms with van der Waals surface area (Å²) in [5.41, 5.74) is 0.769. The van der Waals surface area contributed by atoms with Crippen LogP contribution in [0.5, 0.6) is 5.75 Å². The van der Waals surface area contributed by atoms with Crippen LogP contribution in [-0.2, 0) is 4.79 Å². The third-order valence-corrected chi connectivity index (χ3v) is 6.06. The number of benzene rings is 2. The van der Waals surface area contributed by atoms with E-state index in [4.69, 9.17) is 4.74 Å². The van der Waals surface area contributed by atoms with E-state index in [1.54, 1.807) is 18.9 Å². The average Bonchev–Trinajstić information content (AvgIpc) is 2.74. The number of thioether (sulfide) groups is 1. The van der Waals surface area contributed by atoms with Crippen LogP contribution in [0.2, 0.25) is 0 Å². The van der Waals surface area contributed by atoms with Crippen molar-refractivity contribution in [1.29, 1.82) is 0 Å². The lowest BCUT2D eigenvalue weighted by molar-refractivity contribution is -0.131. The van der Waals surface area contributed by atoms with Crippen LogP contribution in [0.3, 0.4) is 0 Å². The number of nitrogens with zero attached hydrogens (tertiary/aromatic N) is 1. The first-order chi connectivity index (χ1) is 13.1. The molecule has 5 heteroatoms. The molecule has 27 heavy (non-hydrogen) atoms. The first kappa shape index (κ1) is 19.5. The summed E-state index contributed by atoms with van der Waals surface area (Å²) in [6.07, 6.45) is 1.47. The molecular formula is C22H25NO3S. The topological polar surface area (TPSA) is 46.6 Å². The second kappa shape index (κ2) is 9.09. The maximum atomic E-state index is 12.8. The summed E-state index contributed by atoms with van der Waals surface area (Å²) < 4.78 is 5.17. The van der Waals surface area contributed by atoms with Crippen molar-refractivity contribution in [3.63, 3.8) is 0 Å². The lowest BCUT2D eigenvalue weighted by Crippen LogP contribution is -2.43. The van der Waals surface area contributed by atoms with Crippen LogP contribution in [0, 0.1) is 5.92 Å². The van der Waals surface area contributed by atoms with Gasteiger partial charge in [0.1, 0.15) is 5.75 Å². The zero-order valence-corrected chi connectivity index (χ0v) is 16.6. The van der Waals surface area contributed by atoms with Crippen molar-refractivity contribution in [3.05, 3.63) is 60.2 Å². The van der Waals surface area contributed by atoms with Gasteiger partial charge in [0.25, 0.3) is 0 Å². The lowest BCUT2D eigenvalue weighted by atomic mass is 9.89. The molecule has 0 radical (unpaired) electrons. The number of carbonyl (C=O) groups excluding carboxylic acids is 2. The lowest BCUT2D eigenvalue weighted by Gasteiger charge is -2.33. The van der Waals surface area contributed by atoms with E-state index in [-0.39, 0.29) is 22.9 Å². The Hall–Kier alpha value is -2.27. The number of hydrogen-bond acceptors (Lipinski definition) is 4. The van der Waals surface area contributed by atoms with Crippen molar-refractivity contribution < 1.29 is 14.3 Å². The Labute approximate surface area is 164 Å². The summed E-state index contributed by atoms with van der Waals surface area (Å²) in [5.74, 6) is 1.16. The average molecular weight is 384 g/mol. The maximum absolute atomic E-state index is 12.8. The molecule has 2 aromatic carbocycles. The van der Waals surface area contributed by atoms with Gasteiger partial charge in [0.15, 0.2) is 5.78 Å². The third-order valence-electron chi connectivity index (χ3n) is 4.96. The molecule has 0 spiro atoms. The van der Waals surface area contributed by atoms with E-state index in [1.165, 1.54) is 0 Å². The highest BCUT2D eigenvalue weighted by Gasteiger charge is 2.30. The molecule has 1 amide bonds. The van der Waals surface area contributed by atoms with Gasteiger partial charge in [-0.05, 0) is 44.0 Å². The minimum absolute atomic E-state index is 0.0148. The molecule has 0 bridgehead atoms. The summed E-state index contributed by atoms with van der Waals surface area (Å²) in [4.78, 5) is 28.3. The van der Waals surface area contributed by atoms with Crippen LogP contribution in [0.15, 0.2) is 59.5 Å². The molecule has 2 aromatic rings. The molecule has 1 aliphatic heterocycles. The van der Waals surface area contributed by atoms with Crippen LogP contribution >= 0.6 is 11.8 Å². The van der Waals surface area contributed by atoms with Crippen molar-refractivity contribution >= 4 is 23.5 Å². The van der Waals surface area contributed by atoms with Gasteiger partial charge in [-0.1, -0.05) is 30.3 Å². The van der Waals surface area contributed by atoms with E-state index < -0.39 is 0 Å². The third kappa shape index (κ3) is 4.92. The number of ketones is 1. The van der Waals surface area contributed by atoms with Gasteiger partial charge < -0.3 is 9.64 Å². The zero-order chi connectivity index (χ0) is 19.2. The predicted molar refractivity (Wildman–Crippen MR) is 108 cm³/mol. The van der Waals surface area contributed by atoms with Crippen LogP contribution in [0.25, 0.3) is 0 Å². The summed E-state index contributed by atoms with van der Waals surface area (Å²) in [5, 5.41) is -0.153. The molecule has 4 nitrogen and oxygen atoms in total. The Kier molecular flexibility index (Phi) is 6.56. The highest BCUT2D eigenvalue weighted by atomic mass is 32.2. The molecule has 0 aromatic heterocycles. The van der Waals surface area contributed by atoms with Gasteiger partial charge in [0.2, 0.25) is 5.91 Å². The number of rotatable bonds is 6. The maximum Gasteiger partial charge on any atom is 0.235 e. The molecule has 1 saturated heterocycles. The molecule has 1 aliphatic rings. The molecule has 0 N–H and O–H groups in total. The predicted octanol–water partition coefficient (Wildman–Crippen LogP) is 4.30. The van der Waals surface area contributed by atoms with Crippen molar-refractivity contribution in [2.24, 2.45) is 5.92 Å². The van der Waals surface area contributed by atoms with E-state index >= 15 is 0 Å². The number of methoxy groups -OCH3 is 1. The first-order valence-corrected chi connectivity index (χ1v) is 10.1. The molecule has 1 fully saturated rings. The Morgan fingerprint density at radius 1 is 1.04 bits per heavy atom. The van der Waals surface area contributed by atoms with E-state index in [0.717, 1.165) is 29.1 Å². The first-order valence-electron chi connectivity index (χ1n) is 9.27. The van der Waals surface area contributed by atoms with Crippen LogP contribution in [0.4, 0.5) is 0 Å². The summed E-state index contributed by atoms with van der Waals surface area (Å²) >= 11 is 1.55. The molecule has 1 unspecified atom stereocenters. The van der Waals surface area contributed by atoms with E-state index in [2.05, 4.69) is 0 Å². The molecule has 0 aliphatic carbocycles. The summed E-state index contributed by atoms with van der Waals surface area (Å²) in [6, 6.07) is 17.2. The number of amides is 1. The molecule has 1 heterocycles. The molecular weight excluding hydrogens is 358 g/mol. The largest absolute Gasteiger partial charge is 0.497 e. The Morgan fingerprint density at radius 3 is 2.26 bits per heavy atom. The molecule has 3 rings (SSSR count). The number of Topliss-reactive ketones (excluding diaryl/α,β-unsaturated/α-hetero) is 1. The Bertz CT molecular complexity index is 768. The minimum atomic E-state index is -0.153. The van der Waals surface area contributed by atoms with Gasteiger partial charge >= 0.3 is 0 Å². The monoisotopic (exact) mass is 383 g/mol. The quantitative estimate of drug-likeness (QED) is 0.551. The second-order valence-corrected chi connectivity index (χ2v) is 8.18. The van der Waals surface area contributed by atoms with Gasteiger partial charge in [-0.3, -0.25) is 9.59 Å². The second-order valence-electron chi connectivity index (χ2n) is 6.77. The number of hydrogen-bond donors (Lipinski definition) is 0. The van der Waals surface area contributed by atoms with Gasteiger partial charge in [0.05, 0.1) is 12.4 Å². The van der Waals surface area contributed by atoms with Crippen LogP contribution < -0.4 is 4.74 Å². The number of likely N-dealkylation sites (tertiary alicyclic amines) is 1. The minimum Gasteiger partial charge on any atom is -0.497 e. The van der Waals surface area contributed by atoms with Gasteiger partial charge in [-0.15, -0.1) is 11.8 Å². The van der Waals surface area contributed by atoms with Crippen molar-refractivity contribution in [2.45, 2.75) is 29.9 Å². The molecule has 142 valence electrons. The van der Waals surface area contributed by atoms with Crippen molar-refractivity contribution in [3.8, 4) is 5.75 Å².